The van der Waals surface area contributed by atoms with Gasteiger partial charge in [-0.15, -0.1) is 0 Å². The van der Waals surface area contributed by atoms with Gasteiger partial charge in [-0.3, -0.25) is 4.79 Å². The summed E-state index contributed by atoms with van der Waals surface area (Å²) < 4.78 is 16.8. The van der Waals surface area contributed by atoms with Gasteiger partial charge in [0, 0.05) is 19.2 Å². The summed E-state index contributed by atoms with van der Waals surface area (Å²) >= 11 is 0. The smallest absolute Gasteiger partial charge is 0.408 e. The van der Waals surface area contributed by atoms with Gasteiger partial charge in [-0.05, 0) is 39.2 Å². The molecule has 0 saturated carbocycles. The molecule has 6 heteroatoms. The number of nitrogens with zero attached hydrogens (tertiary/aromatic N) is 1. The Bertz CT molecular complexity index is 485. The van der Waals surface area contributed by atoms with E-state index in [4.69, 9.17) is 14.0 Å². The Morgan fingerprint density at radius 1 is 1.26 bits per heavy atom. The van der Waals surface area contributed by atoms with Crippen LogP contribution in [0.5, 0.6) is 5.88 Å². The van der Waals surface area contributed by atoms with E-state index < -0.39 is 24.3 Å². The fraction of sp³-hybridized carbons (Fsp3) is 0.538. The summed E-state index contributed by atoms with van der Waals surface area (Å²) in [4.78, 5) is 14.9. The van der Waals surface area contributed by atoms with Crippen LogP contribution in [0.25, 0.3) is 0 Å². The second kappa shape index (κ2) is 4.61. The lowest BCUT2D eigenvalue weighted by Gasteiger charge is -2.32. The predicted molar refractivity (Wildman–Crippen MR) is 71.3 cm³/mol. The molecule has 102 valence electrons. The van der Waals surface area contributed by atoms with Crippen molar-refractivity contribution < 1.29 is 18.8 Å². The van der Waals surface area contributed by atoms with E-state index in [9.17, 15) is 4.79 Å². The molecule has 0 N–H and O–H groups in total. The maximum absolute atomic E-state index is 10.9. The van der Waals surface area contributed by atoms with Gasteiger partial charge in [0.15, 0.2) is 0 Å². The van der Waals surface area contributed by atoms with Gasteiger partial charge >= 0.3 is 13.1 Å². The molecular formula is C13H18BNO4. The number of esters is 1. The number of ether oxygens (including phenoxy) is 1. The second-order valence-corrected chi connectivity index (χ2v) is 5.61. The highest BCUT2D eigenvalue weighted by Crippen LogP contribution is 2.36. The van der Waals surface area contributed by atoms with Crippen LogP contribution >= 0.6 is 0 Å². The molecule has 2 heterocycles. The van der Waals surface area contributed by atoms with E-state index in [-0.39, 0.29) is 5.88 Å². The zero-order chi connectivity index (χ0) is 14.3. The average molecular weight is 263 g/mol. The molecule has 0 aliphatic carbocycles. The molecule has 1 saturated heterocycles. The van der Waals surface area contributed by atoms with Crippen molar-refractivity contribution in [2.24, 2.45) is 0 Å². The highest BCUT2D eigenvalue weighted by Gasteiger charge is 2.51. The maximum atomic E-state index is 10.9. The van der Waals surface area contributed by atoms with Crippen molar-refractivity contribution in [3.63, 3.8) is 0 Å². The first kappa shape index (κ1) is 14.0. The minimum atomic E-state index is -0.484. The van der Waals surface area contributed by atoms with E-state index in [1.165, 1.54) is 6.92 Å². The maximum Gasteiger partial charge on any atom is 0.495 e. The Kier molecular flexibility index (Phi) is 3.41. The number of rotatable bonds is 2. The molecule has 1 fully saturated rings. The molecular weight excluding hydrogens is 245 g/mol. The van der Waals surface area contributed by atoms with Crippen molar-refractivity contribution in [2.45, 2.75) is 45.8 Å². The molecule has 0 unspecified atom stereocenters. The fourth-order valence-electron chi connectivity index (χ4n) is 1.75. The standard InChI is InChI=1S/C13H18BNO4/c1-9(16)17-11-8-10(6-7-15-11)14-18-12(2,3)13(4,5)19-14/h6-8H,1-5H3. The van der Waals surface area contributed by atoms with E-state index >= 15 is 0 Å². The van der Waals surface area contributed by atoms with Gasteiger partial charge in [0.2, 0.25) is 5.88 Å². The van der Waals surface area contributed by atoms with Crippen LogP contribution in [-0.4, -0.2) is 29.3 Å². The number of hydrogen-bond acceptors (Lipinski definition) is 5. The van der Waals surface area contributed by atoms with Gasteiger partial charge in [-0.2, -0.15) is 0 Å². The van der Waals surface area contributed by atoms with Gasteiger partial charge in [-0.1, -0.05) is 0 Å². The summed E-state index contributed by atoms with van der Waals surface area (Å²) in [5.41, 5.74) is -0.0182. The van der Waals surface area contributed by atoms with E-state index in [2.05, 4.69) is 4.98 Å². The Morgan fingerprint density at radius 2 is 1.84 bits per heavy atom. The summed E-state index contributed by atoms with van der Waals surface area (Å²) in [6.45, 7) is 9.29. The molecule has 0 atom stereocenters. The quantitative estimate of drug-likeness (QED) is 0.594. The first-order valence-corrected chi connectivity index (χ1v) is 6.21. The highest BCUT2D eigenvalue weighted by atomic mass is 16.7. The lowest BCUT2D eigenvalue weighted by atomic mass is 9.80. The van der Waals surface area contributed by atoms with E-state index in [0.29, 0.717) is 0 Å². The van der Waals surface area contributed by atoms with Gasteiger partial charge in [-0.25, -0.2) is 4.98 Å². The van der Waals surface area contributed by atoms with Crippen molar-refractivity contribution in [3.8, 4) is 5.88 Å². The molecule has 1 aromatic rings. The van der Waals surface area contributed by atoms with Crippen molar-refractivity contribution in [1.82, 2.24) is 4.98 Å². The minimum absolute atomic E-state index is 0.250. The average Bonchev–Trinajstić information content (AvgIpc) is 2.47. The normalized spacial score (nSPS) is 20.4. The van der Waals surface area contributed by atoms with Gasteiger partial charge in [0.05, 0.1) is 11.2 Å². The van der Waals surface area contributed by atoms with Crippen LogP contribution in [0.15, 0.2) is 18.3 Å². The molecule has 0 bridgehead atoms. The Hall–Kier alpha value is -1.40. The summed E-state index contributed by atoms with van der Waals surface area (Å²) in [6, 6.07) is 3.44. The first-order valence-electron chi connectivity index (χ1n) is 6.21. The topological polar surface area (TPSA) is 57.7 Å². The molecule has 0 radical (unpaired) electrons. The van der Waals surface area contributed by atoms with Gasteiger partial charge in [0.1, 0.15) is 0 Å². The van der Waals surface area contributed by atoms with Crippen LogP contribution < -0.4 is 10.2 Å². The number of hydrogen-bond donors (Lipinski definition) is 0. The monoisotopic (exact) mass is 263 g/mol. The van der Waals surface area contributed by atoms with Gasteiger partial charge in [0.25, 0.3) is 0 Å². The summed E-state index contributed by atoms with van der Waals surface area (Å²) in [5, 5.41) is 0. The number of aromatic nitrogens is 1. The molecule has 2 rings (SSSR count). The highest BCUT2D eigenvalue weighted by molar-refractivity contribution is 6.62. The second-order valence-electron chi connectivity index (χ2n) is 5.61. The molecule has 1 aliphatic heterocycles. The lowest BCUT2D eigenvalue weighted by molar-refractivity contribution is -0.132. The van der Waals surface area contributed by atoms with Crippen molar-refractivity contribution in [3.05, 3.63) is 18.3 Å². The molecule has 0 aromatic carbocycles. The zero-order valence-electron chi connectivity index (χ0n) is 11.9. The summed E-state index contributed by atoms with van der Waals surface area (Å²) in [6.07, 6.45) is 1.57. The van der Waals surface area contributed by atoms with Crippen molar-refractivity contribution in [1.29, 1.82) is 0 Å². The van der Waals surface area contributed by atoms with E-state index in [1.54, 1.807) is 18.3 Å². The minimum Gasteiger partial charge on any atom is -0.408 e. The van der Waals surface area contributed by atoms with Crippen LogP contribution in [0.4, 0.5) is 0 Å². The van der Waals surface area contributed by atoms with Crippen molar-refractivity contribution >= 4 is 18.6 Å². The number of carbonyl (C=O) groups is 1. The molecule has 5 nitrogen and oxygen atoms in total. The molecule has 1 aromatic heterocycles. The summed E-state index contributed by atoms with van der Waals surface area (Å²) in [7, 11) is -0.484. The van der Waals surface area contributed by atoms with Crippen LogP contribution in [-0.2, 0) is 14.1 Å². The van der Waals surface area contributed by atoms with Gasteiger partial charge < -0.3 is 14.0 Å². The third-order valence-corrected chi connectivity index (χ3v) is 3.53. The Labute approximate surface area is 113 Å². The summed E-state index contributed by atoms with van der Waals surface area (Å²) in [5.74, 6) is -0.154. The Morgan fingerprint density at radius 3 is 2.37 bits per heavy atom. The van der Waals surface area contributed by atoms with E-state index in [0.717, 1.165) is 5.46 Å². The largest absolute Gasteiger partial charge is 0.495 e. The zero-order valence-corrected chi connectivity index (χ0v) is 11.9. The lowest BCUT2D eigenvalue weighted by Crippen LogP contribution is -2.41. The fourth-order valence-corrected chi connectivity index (χ4v) is 1.75. The number of carbonyl (C=O) groups excluding carboxylic acids is 1. The van der Waals surface area contributed by atoms with Crippen molar-refractivity contribution in [2.75, 3.05) is 0 Å². The predicted octanol–water partition coefficient (Wildman–Crippen LogP) is 1.31. The SMILES string of the molecule is CC(=O)Oc1cc(B2OC(C)(C)C(C)(C)O2)ccn1. The van der Waals surface area contributed by atoms with E-state index in [1.807, 2.05) is 27.7 Å². The number of pyridine rings is 1. The van der Waals surface area contributed by atoms with Crippen LogP contribution in [0.3, 0.4) is 0 Å². The molecule has 19 heavy (non-hydrogen) atoms. The third-order valence-electron chi connectivity index (χ3n) is 3.53. The van der Waals surface area contributed by atoms with Crippen LogP contribution in [0.1, 0.15) is 34.6 Å². The third kappa shape index (κ3) is 2.79. The molecule has 0 amide bonds. The molecule has 1 aliphatic rings. The molecule has 0 spiro atoms. The Balaban J connectivity index is 2.22. The first-order chi connectivity index (χ1) is 8.71. The van der Waals surface area contributed by atoms with Crippen LogP contribution in [0.2, 0.25) is 0 Å². The van der Waals surface area contributed by atoms with Crippen LogP contribution in [0, 0.1) is 0 Å².